The van der Waals surface area contributed by atoms with Crippen molar-refractivity contribution in [2.24, 2.45) is 0 Å². The van der Waals surface area contributed by atoms with Crippen molar-refractivity contribution >= 4 is 11.9 Å². The van der Waals surface area contributed by atoms with Gasteiger partial charge in [-0.3, -0.25) is 19.6 Å². The van der Waals surface area contributed by atoms with Gasteiger partial charge in [-0.2, -0.15) is 0 Å². The van der Waals surface area contributed by atoms with Crippen molar-refractivity contribution in [1.29, 1.82) is 0 Å². The van der Waals surface area contributed by atoms with Gasteiger partial charge in [-0.1, -0.05) is 6.07 Å². The number of carbonyl (C=O) groups is 2. The normalized spacial score (nSPS) is 21.0. The minimum atomic E-state index is -0.663. The number of nitrogens with zero attached hydrogens (tertiary/aromatic N) is 4. The molecule has 1 aromatic heterocycles. The molecule has 0 aromatic carbocycles. The van der Waals surface area contributed by atoms with Crippen LogP contribution in [0, 0.1) is 0 Å². The van der Waals surface area contributed by atoms with Gasteiger partial charge < -0.3 is 9.64 Å². The Morgan fingerprint density at radius 1 is 1.29 bits per heavy atom. The van der Waals surface area contributed by atoms with E-state index in [4.69, 9.17) is 4.74 Å². The Balaban J connectivity index is 1.64. The van der Waals surface area contributed by atoms with Crippen LogP contribution in [0.4, 0.5) is 4.79 Å². The summed E-state index contributed by atoms with van der Waals surface area (Å²) in [4.78, 5) is 36.0. The van der Waals surface area contributed by atoms with Gasteiger partial charge in [0.2, 0.25) is 0 Å². The first kappa shape index (κ1) is 20.7. The molecule has 1 spiro atoms. The molecule has 7 heteroatoms. The van der Waals surface area contributed by atoms with E-state index < -0.39 is 5.54 Å². The van der Waals surface area contributed by atoms with E-state index in [0.717, 1.165) is 31.5 Å². The lowest BCUT2D eigenvalue weighted by Gasteiger charge is -2.43. The number of imide groups is 1. The van der Waals surface area contributed by atoms with E-state index in [1.54, 1.807) is 18.2 Å². The van der Waals surface area contributed by atoms with Gasteiger partial charge in [0.25, 0.3) is 5.91 Å². The zero-order valence-corrected chi connectivity index (χ0v) is 17.3. The van der Waals surface area contributed by atoms with Crippen LogP contribution < -0.4 is 0 Å². The molecule has 3 heterocycles. The SMILES string of the molecule is CCN1C(=O)N(CCCc2cccnc2)C(=O)C12CCN(C(C)COC)CC2. The van der Waals surface area contributed by atoms with Crippen molar-refractivity contribution < 1.29 is 14.3 Å². The minimum Gasteiger partial charge on any atom is -0.383 e. The van der Waals surface area contributed by atoms with Crippen molar-refractivity contribution in [3.63, 3.8) is 0 Å². The first-order valence-electron chi connectivity index (χ1n) is 10.3. The predicted octanol–water partition coefficient (Wildman–Crippen LogP) is 2.17. The maximum atomic E-state index is 13.3. The van der Waals surface area contributed by atoms with Gasteiger partial charge in [0.05, 0.1) is 6.61 Å². The second-order valence-electron chi connectivity index (χ2n) is 7.82. The molecule has 2 aliphatic rings. The van der Waals surface area contributed by atoms with Crippen LogP contribution in [-0.4, -0.2) is 83.1 Å². The zero-order valence-electron chi connectivity index (χ0n) is 17.3. The molecule has 0 bridgehead atoms. The molecule has 28 heavy (non-hydrogen) atoms. The number of hydrogen-bond donors (Lipinski definition) is 0. The van der Waals surface area contributed by atoms with E-state index in [0.29, 0.717) is 38.6 Å². The van der Waals surface area contributed by atoms with E-state index in [2.05, 4.69) is 16.8 Å². The third-order valence-corrected chi connectivity index (χ3v) is 6.16. The lowest BCUT2D eigenvalue weighted by atomic mass is 9.85. The van der Waals surface area contributed by atoms with E-state index >= 15 is 0 Å². The van der Waals surface area contributed by atoms with Gasteiger partial charge in [-0.15, -0.1) is 0 Å². The standard InChI is InChI=1S/C21H32N4O3/c1-4-25-20(27)24(12-6-8-18-7-5-11-22-15-18)19(26)21(25)9-13-23(14-10-21)17(2)16-28-3/h5,7,11,15,17H,4,6,8-10,12-14,16H2,1-3H3. The van der Waals surface area contributed by atoms with Crippen molar-refractivity contribution in [2.45, 2.75) is 51.1 Å². The average Bonchev–Trinajstić information content (AvgIpc) is 2.90. The highest BCUT2D eigenvalue weighted by atomic mass is 16.5. The smallest absolute Gasteiger partial charge is 0.327 e. The average molecular weight is 389 g/mol. The second-order valence-corrected chi connectivity index (χ2v) is 7.82. The van der Waals surface area contributed by atoms with Crippen LogP contribution in [0.3, 0.4) is 0 Å². The molecule has 0 radical (unpaired) electrons. The fourth-order valence-electron chi connectivity index (χ4n) is 4.57. The van der Waals surface area contributed by atoms with Crippen LogP contribution in [0.2, 0.25) is 0 Å². The number of likely N-dealkylation sites (N-methyl/N-ethyl adjacent to an activating group) is 1. The molecule has 3 rings (SSSR count). The summed E-state index contributed by atoms with van der Waals surface area (Å²) in [6.07, 6.45) is 6.54. The Kier molecular flexibility index (Phi) is 6.67. The van der Waals surface area contributed by atoms with Gasteiger partial charge >= 0.3 is 6.03 Å². The Hall–Kier alpha value is -1.99. The zero-order chi connectivity index (χ0) is 20.1. The number of rotatable bonds is 8. The van der Waals surface area contributed by atoms with Crippen molar-refractivity contribution in [2.75, 3.05) is 39.9 Å². The first-order valence-corrected chi connectivity index (χ1v) is 10.3. The Morgan fingerprint density at radius 3 is 2.64 bits per heavy atom. The summed E-state index contributed by atoms with van der Waals surface area (Å²) >= 11 is 0. The molecule has 1 atom stereocenters. The number of urea groups is 1. The summed E-state index contributed by atoms with van der Waals surface area (Å²) in [7, 11) is 1.71. The predicted molar refractivity (Wildman–Crippen MR) is 107 cm³/mol. The molecule has 2 fully saturated rings. The van der Waals surface area contributed by atoms with Crippen LogP contribution in [0.15, 0.2) is 24.5 Å². The number of aryl methyl sites for hydroxylation is 1. The largest absolute Gasteiger partial charge is 0.383 e. The number of likely N-dealkylation sites (tertiary alicyclic amines) is 1. The molecule has 0 aliphatic carbocycles. The van der Waals surface area contributed by atoms with Gasteiger partial charge in [0.15, 0.2) is 0 Å². The number of aromatic nitrogens is 1. The monoisotopic (exact) mass is 388 g/mol. The molecule has 3 amide bonds. The maximum Gasteiger partial charge on any atom is 0.327 e. The van der Waals surface area contributed by atoms with Crippen molar-refractivity contribution in [3.8, 4) is 0 Å². The van der Waals surface area contributed by atoms with Crippen LogP contribution in [0.25, 0.3) is 0 Å². The van der Waals surface area contributed by atoms with Crippen LogP contribution in [-0.2, 0) is 16.0 Å². The third kappa shape index (κ3) is 3.91. The fourth-order valence-corrected chi connectivity index (χ4v) is 4.57. The second kappa shape index (κ2) is 9.01. The summed E-state index contributed by atoms with van der Waals surface area (Å²) < 4.78 is 5.27. The Labute approximate surface area is 167 Å². The topological polar surface area (TPSA) is 66.0 Å². The van der Waals surface area contributed by atoms with Crippen LogP contribution in [0.1, 0.15) is 38.7 Å². The van der Waals surface area contributed by atoms with Crippen molar-refractivity contribution in [3.05, 3.63) is 30.1 Å². The number of pyridine rings is 1. The first-order chi connectivity index (χ1) is 13.5. The molecule has 1 aromatic rings. The van der Waals surface area contributed by atoms with Crippen LogP contribution in [0.5, 0.6) is 0 Å². The lowest BCUT2D eigenvalue weighted by molar-refractivity contribution is -0.136. The summed E-state index contributed by atoms with van der Waals surface area (Å²) in [6, 6.07) is 4.13. The van der Waals surface area contributed by atoms with Gasteiger partial charge in [0.1, 0.15) is 5.54 Å². The van der Waals surface area contributed by atoms with Gasteiger partial charge in [-0.25, -0.2) is 4.79 Å². The highest BCUT2D eigenvalue weighted by molar-refractivity contribution is 6.07. The number of hydrogen-bond acceptors (Lipinski definition) is 5. The molecule has 2 saturated heterocycles. The molecular formula is C21H32N4O3. The molecule has 0 saturated carbocycles. The summed E-state index contributed by atoms with van der Waals surface area (Å²) in [5.41, 5.74) is 0.466. The molecule has 154 valence electrons. The number of piperidine rings is 1. The summed E-state index contributed by atoms with van der Waals surface area (Å²) in [5, 5.41) is 0. The molecule has 1 unspecified atom stereocenters. The van der Waals surface area contributed by atoms with Gasteiger partial charge in [-0.05, 0) is 51.2 Å². The quantitative estimate of drug-likeness (QED) is 0.639. The van der Waals surface area contributed by atoms with E-state index in [1.165, 1.54) is 4.90 Å². The third-order valence-electron chi connectivity index (χ3n) is 6.16. The van der Waals surface area contributed by atoms with E-state index in [9.17, 15) is 9.59 Å². The molecule has 0 N–H and O–H groups in total. The fraction of sp³-hybridized carbons (Fsp3) is 0.667. The van der Waals surface area contributed by atoms with E-state index in [-0.39, 0.29) is 11.9 Å². The van der Waals surface area contributed by atoms with Crippen molar-refractivity contribution in [1.82, 2.24) is 19.7 Å². The number of carbonyl (C=O) groups excluding carboxylic acids is 2. The number of amides is 3. The number of methoxy groups -OCH3 is 1. The minimum absolute atomic E-state index is 0.00965. The van der Waals surface area contributed by atoms with Gasteiger partial charge in [0, 0.05) is 51.7 Å². The van der Waals surface area contributed by atoms with E-state index in [1.807, 2.05) is 25.3 Å². The summed E-state index contributed by atoms with van der Waals surface area (Å²) in [6.45, 7) is 7.44. The highest BCUT2D eigenvalue weighted by Crippen LogP contribution is 2.37. The lowest BCUT2D eigenvalue weighted by Crippen LogP contribution is -2.58. The Morgan fingerprint density at radius 2 is 2.04 bits per heavy atom. The Bertz CT molecular complexity index is 673. The maximum absolute atomic E-state index is 13.3. The van der Waals surface area contributed by atoms with Crippen LogP contribution >= 0.6 is 0 Å². The molecular weight excluding hydrogens is 356 g/mol. The number of ether oxygens (including phenoxy) is 1. The molecule has 7 nitrogen and oxygen atoms in total. The summed E-state index contributed by atoms with van der Waals surface area (Å²) in [5.74, 6) is -0.00965. The molecule has 2 aliphatic heterocycles. The highest BCUT2D eigenvalue weighted by Gasteiger charge is 2.57.